The van der Waals surface area contributed by atoms with Gasteiger partial charge in [-0.05, 0) is 12.8 Å². The van der Waals surface area contributed by atoms with Gasteiger partial charge in [-0.15, -0.1) is 0 Å². The molecular formula is C16H34N4O16P4Tc+2. The fourth-order valence-corrected chi connectivity index (χ4v) is 7.10. The summed E-state index contributed by atoms with van der Waals surface area (Å²) in [6.07, 6.45) is 7.50. The molecule has 12 N–H and O–H groups in total. The van der Waals surface area contributed by atoms with Crippen LogP contribution in [0.25, 0.3) is 0 Å². The molecule has 2 aromatic rings. The molecule has 2 aromatic heterocycles. The van der Waals surface area contributed by atoms with Crippen molar-refractivity contribution < 1.29 is 98.7 Å². The van der Waals surface area contributed by atoms with E-state index in [1.165, 1.54) is 24.8 Å². The topological polar surface area (TPSA) is 366 Å². The van der Waals surface area contributed by atoms with Gasteiger partial charge in [0.15, 0.2) is 0 Å². The average Bonchev–Trinajstić information content (AvgIpc) is 3.35. The molecule has 20 nitrogen and oxygen atoms in total. The summed E-state index contributed by atoms with van der Waals surface area (Å²) in [4.78, 5) is 80.0. The first-order valence-corrected chi connectivity index (χ1v) is 17.2. The molecule has 0 atom stereocenters. The van der Waals surface area contributed by atoms with Crippen LogP contribution in [0.4, 0.5) is 0 Å². The number of aryl methyl sites for hydroxylation is 2. The van der Waals surface area contributed by atoms with Crippen LogP contribution < -0.4 is 0 Å². The number of aliphatic hydroxyl groups is 2. The van der Waals surface area contributed by atoms with Crippen molar-refractivity contribution in [2.45, 2.75) is 62.8 Å². The molecule has 2 heterocycles. The van der Waals surface area contributed by atoms with E-state index in [0.29, 0.717) is 37.3 Å². The number of rotatable bonds is 12. The fourth-order valence-electron chi connectivity index (χ4n) is 3.04. The Hall–Kier alpha value is -0.491. The van der Waals surface area contributed by atoms with Gasteiger partial charge in [0.05, 0.1) is 13.1 Å². The maximum Gasteiger partial charge on any atom is 4.00 e. The number of hydrogen-bond donors (Lipinski definition) is 10. The Morgan fingerprint density at radius 2 is 0.878 bits per heavy atom. The van der Waals surface area contributed by atoms with E-state index in [2.05, 4.69) is 9.97 Å². The second kappa shape index (κ2) is 16.5. The Balaban J connectivity index is -0.000000656. The predicted octanol–water partition coefficient (Wildman–Crippen LogP) is -0.682. The largest absolute Gasteiger partial charge is 4.00 e. The molecule has 2 rings (SSSR count). The number of hydrogen-bond acceptors (Lipinski definition) is 10. The zero-order chi connectivity index (χ0) is 29.8. The standard InChI is InChI=1S/2C8H16N2O7P2.2H2O.Tc/c2*1-2-3-7-9-4-5-10(7)6-8(11,18(12,13)14)19(15,16)17;;;/h2*4-5,11H,2-3,6H2,1H3,(H2,12,13,14)(H2,15,16,17);2*1H2;/q;;;;+4/p-2/i;;;;1+1. The first kappa shape index (κ1) is 44.9. The molecule has 1 radical (unpaired) electrons. The Labute approximate surface area is 247 Å². The Bertz CT molecular complexity index is 1120. The normalized spacial score (nSPS) is 12.8. The quantitative estimate of drug-likeness (QED) is 0.120. The van der Waals surface area contributed by atoms with Gasteiger partial charge in [-0.3, -0.25) is 18.3 Å². The van der Waals surface area contributed by atoms with Gasteiger partial charge in [0, 0.05) is 37.6 Å². The summed E-state index contributed by atoms with van der Waals surface area (Å²) in [5, 5.41) is 12.6. The van der Waals surface area contributed by atoms with Crippen LogP contribution in [0.1, 0.15) is 38.3 Å². The van der Waals surface area contributed by atoms with Crippen LogP contribution in [0.15, 0.2) is 24.8 Å². The van der Waals surface area contributed by atoms with Gasteiger partial charge in [0.25, 0.3) is 10.2 Å². The average molecular weight is 761 g/mol. The van der Waals surface area contributed by atoms with E-state index in [1.54, 1.807) is 0 Å². The zero-order valence-corrected chi connectivity index (χ0v) is 26.9. The first-order valence-electron chi connectivity index (χ1n) is 10.7. The van der Waals surface area contributed by atoms with Crippen molar-refractivity contribution in [1.29, 1.82) is 0 Å². The summed E-state index contributed by atoms with van der Waals surface area (Å²) >= 11 is 0. The smallest absolute Gasteiger partial charge is 0.870 e. The summed E-state index contributed by atoms with van der Waals surface area (Å²) in [5.74, 6) is 0.755. The van der Waals surface area contributed by atoms with Crippen LogP contribution in [-0.4, -0.2) is 89.6 Å². The number of nitrogens with zero attached hydrogens (tertiary/aromatic N) is 4. The van der Waals surface area contributed by atoms with E-state index in [0.717, 1.165) is 9.13 Å². The molecule has 0 aromatic carbocycles. The Morgan fingerprint density at radius 3 is 1.07 bits per heavy atom. The maximum atomic E-state index is 11.2. The van der Waals surface area contributed by atoms with Crippen LogP contribution in [0, 0.1) is 0 Å². The molecule has 0 aliphatic heterocycles. The third kappa shape index (κ3) is 10.9. The molecule has 41 heavy (non-hydrogen) atoms. The summed E-state index contributed by atoms with van der Waals surface area (Å²) in [6.45, 7) is 1.82. The molecule has 0 aliphatic carbocycles. The van der Waals surface area contributed by atoms with E-state index in [-0.39, 0.29) is 31.1 Å². The van der Waals surface area contributed by atoms with Crippen molar-refractivity contribution in [2.24, 2.45) is 0 Å². The molecule has 0 saturated heterocycles. The molecule has 0 amide bonds. The van der Waals surface area contributed by atoms with Gasteiger partial charge in [0.1, 0.15) is 11.6 Å². The Kier molecular flexibility index (Phi) is 18.1. The van der Waals surface area contributed by atoms with E-state index in [9.17, 15) is 28.5 Å². The van der Waals surface area contributed by atoms with Gasteiger partial charge < -0.3 is 69.4 Å². The minimum absolute atomic E-state index is 0. The second-order valence-corrected chi connectivity index (χ2v) is 16.2. The van der Waals surface area contributed by atoms with Gasteiger partial charge in [0.2, 0.25) is 0 Å². The van der Waals surface area contributed by atoms with E-state index in [1.807, 2.05) is 13.8 Å². The van der Waals surface area contributed by atoms with Crippen molar-refractivity contribution in [3.63, 3.8) is 0 Å². The second-order valence-electron chi connectivity index (χ2n) is 8.17. The molecule has 0 saturated carbocycles. The summed E-state index contributed by atoms with van der Waals surface area (Å²) in [7, 11) is -21.8. The van der Waals surface area contributed by atoms with Crippen molar-refractivity contribution in [3.05, 3.63) is 36.4 Å². The van der Waals surface area contributed by atoms with Crippen molar-refractivity contribution in [1.82, 2.24) is 19.1 Å². The molecule has 0 spiro atoms. The predicted molar refractivity (Wildman–Crippen MR) is 134 cm³/mol. The molecule has 0 aliphatic rings. The molecule has 239 valence electrons. The summed E-state index contributed by atoms with van der Waals surface area (Å²) < 4.78 is 47.1. The van der Waals surface area contributed by atoms with Crippen LogP contribution in [0.3, 0.4) is 0 Å². The molecule has 25 heteroatoms. The SMILES string of the molecule is CCCc1nccn1CC(O)(P(=O)(O)O)P(=O)(O)O.CCCc1nccn1CC(O)(P(=O)(O)O)P(=O)(O)O.[99Tc+4].[OH-].[OH-]. The Morgan fingerprint density at radius 1 is 0.634 bits per heavy atom. The van der Waals surface area contributed by atoms with Crippen LogP contribution >= 0.6 is 30.4 Å². The first-order chi connectivity index (χ1) is 17.1. The maximum absolute atomic E-state index is 11.2. The zero-order valence-electron chi connectivity index (χ0n) is 21.5. The van der Waals surface area contributed by atoms with Crippen LogP contribution in [0.2, 0.25) is 0 Å². The van der Waals surface area contributed by atoms with E-state index in [4.69, 9.17) is 39.1 Å². The monoisotopic (exact) mass is 761 g/mol. The molecule has 0 bridgehead atoms. The molecule has 0 unspecified atom stereocenters. The van der Waals surface area contributed by atoms with Gasteiger partial charge in [-0.25, -0.2) is 9.97 Å². The van der Waals surface area contributed by atoms with Crippen LogP contribution in [-0.2, 0) is 64.3 Å². The van der Waals surface area contributed by atoms with Gasteiger partial charge in [-0.2, -0.15) is 0 Å². The van der Waals surface area contributed by atoms with E-state index >= 15 is 0 Å². The van der Waals surface area contributed by atoms with Crippen molar-refractivity contribution >= 4 is 30.4 Å². The van der Waals surface area contributed by atoms with Gasteiger partial charge >= 0.3 is 50.5 Å². The number of aromatic nitrogens is 4. The van der Waals surface area contributed by atoms with Crippen LogP contribution in [0.5, 0.6) is 0 Å². The van der Waals surface area contributed by atoms with Crippen molar-refractivity contribution in [3.8, 4) is 0 Å². The van der Waals surface area contributed by atoms with Crippen molar-refractivity contribution in [2.75, 3.05) is 0 Å². The minimum atomic E-state index is -5.45. The van der Waals surface area contributed by atoms with E-state index < -0.39 is 53.6 Å². The fraction of sp³-hybridized carbons (Fsp3) is 0.625. The third-order valence-corrected chi connectivity index (χ3v) is 12.6. The summed E-state index contributed by atoms with van der Waals surface area (Å²) in [5.41, 5.74) is 0. The van der Waals surface area contributed by atoms with Gasteiger partial charge in [-0.1, -0.05) is 13.8 Å². The summed E-state index contributed by atoms with van der Waals surface area (Å²) in [6, 6.07) is 0. The number of imidazole rings is 2. The molecular weight excluding hydrogens is 727 g/mol. The molecule has 0 fully saturated rings. The minimum Gasteiger partial charge on any atom is -0.870 e. The third-order valence-electron chi connectivity index (χ3n) is 5.18.